The van der Waals surface area contributed by atoms with Crippen LogP contribution in [-0.4, -0.2) is 21.1 Å². The molecule has 4 aromatic rings. The molecule has 1 N–H and O–H groups in total. The van der Waals surface area contributed by atoms with Crippen LogP contribution in [0.15, 0.2) is 84.0 Å². The zero-order chi connectivity index (χ0) is 20.1. The number of rotatable bonds is 6. The van der Waals surface area contributed by atoms with Gasteiger partial charge in [0.15, 0.2) is 5.82 Å². The molecule has 0 aliphatic rings. The number of aromatic amines is 1. The summed E-state index contributed by atoms with van der Waals surface area (Å²) < 4.78 is 7.86. The molecule has 3 aromatic carbocycles. The molecule has 0 saturated carbocycles. The van der Waals surface area contributed by atoms with Crippen molar-refractivity contribution in [3.63, 3.8) is 0 Å². The lowest BCUT2D eigenvalue weighted by Gasteiger charge is -2.07. The van der Waals surface area contributed by atoms with E-state index in [1.807, 2.05) is 66.7 Å². The van der Waals surface area contributed by atoms with E-state index in [2.05, 4.69) is 15.3 Å². The summed E-state index contributed by atoms with van der Waals surface area (Å²) in [5.74, 6) is 1.38. The van der Waals surface area contributed by atoms with E-state index in [1.54, 1.807) is 23.0 Å². The van der Waals surface area contributed by atoms with Gasteiger partial charge in [0.05, 0.1) is 6.21 Å². The topological polar surface area (TPSA) is 55.2 Å². The molecule has 0 aliphatic carbocycles. The van der Waals surface area contributed by atoms with Gasteiger partial charge in [-0.1, -0.05) is 54.1 Å². The molecule has 0 atom stereocenters. The van der Waals surface area contributed by atoms with Crippen molar-refractivity contribution in [2.45, 2.75) is 6.61 Å². The number of hydrogen-bond acceptors (Lipinski definition) is 4. The SMILES string of the molecule is S=c1[nH]nc(-c2ccc(Cl)cc2)n1N=Cc1cccc(OCc2ccccc2)c1. The van der Waals surface area contributed by atoms with Crippen LogP contribution in [0.25, 0.3) is 11.4 Å². The fourth-order valence-corrected chi connectivity index (χ4v) is 3.04. The Morgan fingerprint density at radius 1 is 1.03 bits per heavy atom. The smallest absolute Gasteiger partial charge is 0.216 e. The van der Waals surface area contributed by atoms with Crippen LogP contribution in [0, 0.1) is 4.77 Å². The second kappa shape index (κ2) is 8.86. The predicted octanol–water partition coefficient (Wildman–Crippen LogP) is 5.72. The van der Waals surface area contributed by atoms with E-state index in [1.165, 1.54) is 0 Å². The maximum atomic E-state index is 5.97. The van der Waals surface area contributed by atoms with Crippen molar-refractivity contribution in [1.29, 1.82) is 0 Å². The average molecular weight is 421 g/mol. The molecule has 4 rings (SSSR count). The maximum absolute atomic E-state index is 5.97. The number of nitrogens with zero attached hydrogens (tertiary/aromatic N) is 3. The first-order chi connectivity index (χ1) is 14.2. The van der Waals surface area contributed by atoms with E-state index in [4.69, 9.17) is 28.6 Å². The molecule has 0 amide bonds. The molecule has 0 fully saturated rings. The van der Waals surface area contributed by atoms with Crippen LogP contribution in [0.5, 0.6) is 5.75 Å². The minimum absolute atomic E-state index is 0.405. The normalized spacial score (nSPS) is 11.1. The monoisotopic (exact) mass is 420 g/mol. The Morgan fingerprint density at radius 3 is 2.62 bits per heavy atom. The Kier molecular flexibility index (Phi) is 5.84. The lowest BCUT2D eigenvalue weighted by atomic mass is 10.2. The van der Waals surface area contributed by atoms with Crippen molar-refractivity contribution in [3.8, 4) is 17.1 Å². The third-order valence-corrected chi connectivity index (χ3v) is 4.70. The van der Waals surface area contributed by atoms with Gasteiger partial charge in [-0.15, -0.1) is 0 Å². The highest BCUT2D eigenvalue weighted by molar-refractivity contribution is 7.71. The molecule has 1 aromatic heterocycles. The molecule has 144 valence electrons. The molecule has 0 aliphatic heterocycles. The number of halogens is 1. The van der Waals surface area contributed by atoms with Gasteiger partial charge >= 0.3 is 0 Å². The second-order valence-corrected chi connectivity index (χ2v) is 7.09. The molecular formula is C22H17ClN4OS. The minimum atomic E-state index is 0.405. The van der Waals surface area contributed by atoms with E-state index >= 15 is 0 Å². The van der Waals surface area contributed by atoms with Crippen molar-refractivity contribution < 1.29 is 4.74 Å². The van der Waals surface area contributed by atoms with E-state index < -0.39 is 0 Å². The third kappa shape index (κ3) is 4.80. The summed E-state index contributed by atoms with van der Waals surface area (Å²) in [6.45, 7) is 0.509. The Labute approximate surface area is 178 Å². The maximum Gasteiger partial charge on any atom is 0.216 e. The Bertz CT molecular complexity index is 1180. The zero-order valence-electron chi connectivity index (χ0n) is 15.3. The largest absolute Gasteiger partial charge is 0.489 e. The van der Waals surface area contributed by atoms with Crippen LogP contribution in [0.4, 0.5) is 0 Å². The van der Waals surface area contributed by atoms with Crippen LogP contribution in [-0.2, 0) is 6.61 Å². The van der Waals surface area contributed by atoms with Crippen LogP contribution in [0.3, 0.4) is 0 Å². The first kappa shape index (κ1) is 19.1. The van der Waals surface area contributed by atoms with Gasteiger partial charge in [0.2, 0.25) is 4.77 Å². The number of aromatic nitrogens is 3. The van der Waals surface area contributed by atoms with Crippen molar-refractivity contribution in [2.75, 3.05) is 0 Å². The van der Waals surface area contributed by atoms with Gasteiger partial charge in [-0.3, -0.25) is 0 Å². The van der Waals surface area contributed by atoms with Crippen LogP contribution in [0.2, 0.25) is 5.02 Å². The molecule has 0 unspecified atom stereocenters. The molecule has 29 heavy (non-hydrogen) atoms. The Balaban J connectivity index is 1.53. The van der Waals surface area contributed by atoms with Crippen LogP contribution < -0.4 is 4.74 Å². The van der Waals surface area contributed by atoms with Crippen molar-refractivity contribution in [1.82, 2.24) is 14.9 Å². The molecule has 0 saturated heterocycles. The van der Waals surface area contributed by atoms with Crippen LogP contribution >= 0.6 is 23.8 Å². The molecule has 7 heteroatoms. The molecule has 0 bridgehead atoms. The second-order valence-electron chi connectivity index (χ2n) is 6.26. The van der Waals surface area contributed by atoms with E-state index in [0.717, 1.165) is 22.4 Å². The third-order valence-electron chi connectivity index (χ3n) is 4.18. The van der Waals surface area contributed by atoms with Crippen LogP contribution in [0.1, 0.15) is 11.1 Å². The summed E-state index contributed by atoms with van der Waals surface area (Å²) in [6, 6.07) is 25.1. The fourth-order valence-electron chi connectivity index (χ4n) is 2.73. The highest BCUT2D eigenvalue weighted by Gasteiger charge is 2.08. The number of benzene rings is 3. The minimum Gasteiger partial charge on any atom is -0.489 e. The van der Waals surface area contributed by atoms with E-state index in [9.17, 15) is 0 Å². The van der Waals surface area contributed by atoms with Gasteiger partial charge in [0.25, 0.3) is 0 Å². The van der Waals surface area contributed by atoms with Crippen molar-refractivity contribution in [2.24, 2.45) is 5.10 Å². The molecule has 0 spiro atoms. The fraction of sp³-hybridized carbons (Fsp3) is 0.0455. The Morgan fingerprint density at radius 2 is 1.83 bits per heavy atom. The summed E-state index contributed by atoms with van der Waals surface area (Å²) in [4.78, 5) is 0. The van der Waals surface area contributed by atoms with Gasteiger partial charge in [-0.05, 0) is 59.7 Å². The lowest BCUT2D eigenvalue weighted by Crippen LogP contribution is -1.97. The van der Waals surface area contributed by atoms with Crippen molar-refractivity contribution in [3.05, 3.63) is 99.8 Å². The average Bonchev–Trinajstić information content (AvgIpc) is 3.13. The molecule has 1 heterocycles. The number of H-pyrrole nitrogens is 1. The number of ether oxygens (including phenoxy) is 1. The van der Waals surface area contributed by atoms with Crippen molar-refractivity contribution >= 4 is 30.0 Å². The zero-order valence-corrected chi connectivity index (χ0v) is 16.9. The summed E-state index contributed by atoms with van der Waals surface area (Å²) in [6.07, 6.45) is 1.72. The first-order valence-corrected chi connectivity index (χ1v) is 9.72. The first-order valence-electron chi connectivity index (χ1n) is 8.93. The predicted molar refractivity (Wildman–Crippen MR) is 118 cm³/mol. The highest BCUT2D eigenvalue weighted by atomic mass is 35.5. The number of nitrogens with one attached hydrogen (secondary N) is 1. The van der Waals surface area contributed by atoms with Gasteiger partial charge < -0.3 is 4.74 Å². The molecular weight excluding hydrogens is 404 g/mol. The van der Waals surface area contributed by atoms with Gasteiger partial charge in [-0.2, -0.15) is 14.9 Å². The molecule has 0 radical (unpaired) electrons. The van der Waals surface area contributed by atoms with E-state index in [0.29, 0.717) is 22.2 Å². The quantitative estimate of drug-likeness (QED) is 0.320. The lowest BCUT2D eigenvalue weighted by molar-refractivity contribution is 0.306. The number of hydrogen-bond donors (Lipinski definition) is 1. The summed E-state index contributed by atoms with van der Waals surface area (Å²) in [7, 11) is 0. The van der Waals surface area contributed by atoms with Gasteiger partial charge in [-0.25, -0.2) is 5.10 Å². The summed E-state index contributed by atoms with van der Waals surface area (Å²) in [5.41, 5.74) is 2.86. The standard InChI is InChI=1S/C22H17ClN4OS/c23-19-11-9-18(10-12-19)21-25-26-22(29)27(21)24-14-17-7-4-8-20(13-17)28-15-16-5-2-1-3-6-16/h1-14H,15H2,(H,26,29). The van der Waals surface area contributed by atoms with Gasteiger partial charge in [0.1, 0.15) is 12.4 Å². The van der Waals surface area contributed by atoms with Gasteiger partial charge in [0, 0.05) is 10.6 Å². The summed E-state index contributed by atoms with van der Waals surface area (Å²) >= 11 is 11.3. The Hall–Kier alpha value is -3.22. The summed E-state index contributed by atoms with van der Waals surface area (Å²) in [5, 5.41) is 12.2. The molecule has 5 nitrogen and oxygen atoms in total. The van der Waals surface area contributed by atoms with E-state index in [-0.39, 0.29) is 0 Å². The highest BCUT2D eigenvalue weighted by Crippen LogP contribution is 2.20.